The van der Waals surface area contributed by atoms with Crippen molar-refractivity contribution in [1.29, 1.82) is 0 Å². The van der Waals surface area contributed by atoms with Crippen molar-refractivity contribution in [2.24, 2.45) is 0 Å². The summed E-state index contributed by atoms with van der Waals surface area (Å²) < 4.78 is 5.01. The topological polar surface area (TPSA) is 64.4 Å². The molecule has 112 valence electrons. The highest BCUT2D eigenvalue weighted by molar-refractivity contribution is 5.48. The third-order valence-corrected chi connectivity index (χ3v) is 4.14. The second kappa shape index (κ2) is 7.24. The molecule has 0 saturated heterocycles. The molecule has 1 aromatic carbocycles. The lowest BCUT2D eigenvalue weighted by molar-refractivity contribution is -0.385. The van der Waals surface area contributed by atoms with E-state index in [-0.39, 0.29) is 11.2 Å². The molecule has 20 heavy (non-hydrogen) atoms. The van der Waals surface area contributed by atoms with Gasteiger partial charge in [0.15, 0.2) is 5.75 Å². The molecular weight excluding hydrogens is 256 g/mol. The molecule has 0 unspecified atom stereocenters. The van der Waals surface area contributed by atoms with Crippen LogP contribution in [0.25, 0.3) is 0 Å². The first-order chi connectivity index (χ1) is 9.51. The minimum Gasteiger partial charge on any atom is -0.490 e. The van der Waals surface area contributed by atoms with Crippen molar-refractivity contribution in [2.45, 2.75) is 52.1 Å². The van der Waals surface area contributed by atoms with Gasteiger partial charge in [-0.1, -0.05) is 26.8 Å². The van der Waals surface area contributed by atoms with E-state index in [1.54, 1.807) is 12.1 Å². The van der Waals surface area contributed by atoms with E-state index >= 15 is 0 Å². The number of nitrogens with one attached hydrogen (secondary N) is 1. The van der Waals surface area contributed by atoms with Gasteiger partial charge in [-0.05, 0) is 30.9 Å². The van der Waals surface area contributed by atoms with Gasteiger partial charge in [0.1, 0.15) is 0 Å². The largest absolute Gasteiger partial charge is 0.490 e. The summed E-state index contributed by atoms with van der Waals surface area (Å²) in [6.07, 6.45) is 3.12. The summed E-state index contributed by atoms with van der Waals surface area (Å²) in [6.45, 7) is 7.11. The Bertz CT molecular complexity index is 448. The van der Waals surface area contributed by atoms with Gasteiger partial charge in [-0.25, -0.2) is 0 Å². The summed E-state index contributed by atoms with van der Waals surface area (Å²) in [5.74, 6) is 0.298. The van der Waals surface area contributed by atoms with Gasteiger partial charge >= 0.3 is 5.69 Å². The minimum absolute atomic E-state index is 0.0156. The first kappa shape index (κ1) is 16.4. The molecule has 0 saturated carbocycles. The SMILES string of the molecule is CCC(CC)(CC)NCc1ccc(OC)c([N+](=O)[O-])c1. The van der Waals surface area contributed by atoms with Gasteiger partial charge in [-0.3, -0.25) is 10.1 Å². The van der Waals surface area contributed by atoms with Gasteiger partial charge in [-0.2, -0.15) is 0 Å². The lowest BCUT2D eigenvalue weighted by atomic mass is 9.89. The number of nitro groups is 1. The third-order valence-electron chi connectivity index (χ3n) is 4.14. The zero-order valence-electron chi connectivity index (χ0n) is 12.7. The number of benzene rings is 1. The number of hydrogen-bond acceptors (Lipinski definition) is 4. The van der Waals surface area contributed by atoms with Gasteiger partial charge in [-0.15, -0.1) is 0 Å². The maximum Gasteiger partial charge on any atom is 0.311 e. The maximum atomic E-state index is 11.0. The van der Waals surface area contributed by atoms with Gasteiger partial charge in [0.2, 0.25) is 0 Å². The van der Waals surface area contributed by atoms with Crippen LogP contribution in [0.15, 0.2) is 18.2 Å². The molecule has 1 aromatic rings. The summed E-state index contributed by atoms with van der Waals surface area (Å²) in [4.78, 5) is 10.6. The number of methoxy groups -OCH3 is 1. The zero-order valence-corrected chi connectivity index (χ0v) is 12.7. The number of nitro benzene ring substituents is 1. The molecule has 0 aliphatic heterocycles. The molecule has 0 fully saturated rings. The molecule has 0 radical (unpaired) electrons. The lowest BCUT2D eigenvalue weighted by Crippen LogP contribution is -2.43. The Hall–Kier alpha value is -1.62. The van der Waals surface area contributed by atoms with Crippen molar-refractivity contribution in [3.05, 3.63) is 33.9 Å². The Morgan fingerprint density at radius 1 is 1.25 bits per heavy atom. The van der Waals surface area contributed by atoms with E-state index in [9.17, 15) is 10.1 Å². The Kier molecular flexibility index (Phi) is 5.95. The second-order valence-electron chi connectivity index (χ2n) is 4.96. The van der Waals surface area contributed by atoms with Crippen LogP contribution in [0.1, 0.15) is 45.6 Å². The number of rotatable bonds is 8. The highest BCUT2D eigenvalue weighted by Crippen LogP contribution is 2.28. The van der Waals surface area contributed by atoms with Gasteiger partial charge < -0.3 is 10.1 Å². The van der Waals surface area contributed by atoms with E-state index in [4.69, 9.17) is 4.74 Å². The van der Waals surface area contributed by atoms with Crippen LogP contribution in [0, 0.1) is 10.1 Å². The molecule has 5 nitrogen and oxygen atoms in total. The molecule has 0 spiro atoms. The molecule has 0 bridgehead atoms. The quantitative estimate of drug-likeness (QED) is 0.583. The second-order valence-corrected chi connectivity index (χ2v) is 4.96. The van der Waals surface area contributed by atoms with Crippen LogP contribution >= 0.6 is 0 Å². The van der Waals surface area contributed by atoms with Crippen molar-refractivity contribution in [1.82, 2.24) is 5.32 Å². The monoisotopic (exact) mass is 280 g/mol. The summed E-state index contributed by atoms with van der Waals surface area (Å²) in [7, 11) is 1.44. The van der Waals surface area contributed by atoms with Crippen LogP contribution in [0.4, 0.5) is 5.69 Å². The third kappa shape index (κ3) is 3.70. The molecule has 0 aromatic heterocycles. The number of nitrogens with zero attached hydrogens (tertiary/aromatic N) is 1. The molecule has 0 amide bonds. The molecule has 1 rings (SSSR count). The maximum absolute atomic E-state index is 11.0. The summed E-state index contributed by atoms with van der Waals surface area (Å²) in [5, 5.41) is 14.5. The average Bonchev–Trinajstić information content (AvgIpc) is 2.49. The molecule has 5 heteroatoms. The molecule has 0 aliphatic rings. The predicted molar refractivity (Wildman–Crippen MR) is 80.1 cm³/mol. The van der Waals surface area contributed by atoms with Gasteiger partial charge in [0.05, 0.1) is 12.0 Å². The van der Waals surface area contributed by atoms with E-state index in [2.05, 4.69) is 26.1 Å². The van der Waals surface area contributed by atoms with Crippen LogP contribution in [-0.2, 0) is 6.54 Å². The normalized spacial score (nSPS) is 11.4. The van der Waals surface area contributed by atoms with Crippen LogP contribution < -0.4 is 10.1 Å². The number of hydrogen-bond donors (Lipinski definition) is 1. The zero-order chi connectivity index (χ0) is 15.2. The minimum atomic E-state index is -0.408. The van der Waals surface area contributed by atoms with Crippen LogP contribution in [0.2, 0.25) is 0 Å². The van der Waals surface area contributed by atoms with Crippen molar-refractivity contribution in [3.8, 4) is 5.75 Å². The first-order valence-corrected chi connectivity index (χ1v) is 7.08. The fourth-order valence-electron chi connectivity index (χ4n) is 2.40. The van der Waals surface area contributed by atoms with Crippen LogP contribution in [-0.4, -0.2) is 17.6 Å². The Balaban J connectivity index is 2.88. The van der Waals surface area contributed by atoms with Crippen LogP contribution in [0.5, 0.6) is 5.75 Å². The molecule has 0 heterocycles. The Labute approximate surface area is 120 Å². The molecule has 1 N–H and O–H groups in total. The molecular formula is C15H24N2O3. The highest BCUT2D eigenvalue weighted by Gasteiger charge is 2.23. The standard InChI is InChI=1S/C15H24N2O3/c1-5-15(6-2,7-3)16-11-12-8-9-14(20-4)13(10-12)17(18)19/h8-10,16H,5-7,11H2,1-4H3. The Morgan fingerprint density at radius 2 is 1.85 bits per heavy atom. The summed E-state index contributed by atoms with van der Waals surface area (Å²) in [6, 6.07) is 5.10. The van der Waals surface area contributed by atoms with Gasteiger partial charge in [0.25, 0.3) is 0 Å². The smallest absolute Gasteiger partial charge is 0.311 e. The van der Waals surface area contributed by atoms with Crippen molar-refractivity contribution < 1.29 is 9.66 Å². The van der Waals surface area contributed by atoms with Crippen molar-refractivity contribution in [3.63, 3.8) is 0 Å². The first-order valence-electron chi connectivity index (χ1n) is 7.08. The molecule has 0 atom stereocenters. The molecule has 0 aliphatic carbocycles. The average molecular weight is 280 g/mol. The van der Waals surface area contributed by atoms with E-state index in [0.717, 1.165) is 24.8 Å². The number of ether oxygens (including phenoxy) is 1. The van der Waals surface area contributed by atoms with E-state index in [0.29, 0.717) is 12.3 Å². The Morgan fingerprint density at radius 3 is 2.30 bits per heavy atom. The fraction of sp³-hybridized carbons (Fsp3) is 0.600. The van der Waals surface area contributed by atoms with Crippen LogP contribution in [0.3, 0.4) is 0 Å². The van der Waals surface area contributed by atoms with E-state index in [1.807, 2.05) is 6.07 Å². The summed E-state index contributed by atoms with van der Waals surface area (Å²) >= 11 is 0. The fourth-order valence-corrected chi connectivity index (χ4v) is 2.40. The summed E-state index contributed by atoms with van der Waals surface area (Å²) in [5.41, 5.74) is 1.02. The predicted octanol–water partition coefficient (Wildman–Crippen LogP) is 3.66. The van der Waals surface area contributed by atoms with Crippen molar-refractivity contribution >= 4 is 5.69 Å². The highest BCUT2D eigenvalue weighted by atomic mass is 16.6. The van der Waals surface area contributed by atoms with E-state index in [1.165, 1.54) is 7.11 Å². The van der Waals surface area contributed by atoms with Crippen molar-refractivity contribution in [2.75, 3.05) is 7.11 Å². The lowest BCUT2D eigenvalue weighted by Gasteiger charge is -2.32. The van der Waals surface area contributed by atoms with Gasteiger partial charge in [0, 0.05) is 18.2 Å². The van der Waals surface area contributed by atoms with E-state index < -0.39 is 4.92 Å².